The van der Waals surface area contributed by atoms with Crippen LogP contribution >= 0.6 is 11.8 Å². The maximum absolute atomic E-state index is 12.6. The predicted octanol–water partition coefficient (Wildman–Crippen LogP) is 1.61. The summed E-state index contributed by atoms with van der Waals surface area (Å²) in [6, 6.07) is 3.88. The highest BCUT2D eigenvalue weighted by molar-refractivity contribution is 8.04. The van der Waals surface area contributed by atoms with E-state index in [2.05, 4.69) is 0 Å². The minimum Gasteiger partial charge on any atom is -0.502 e. The van der Waals surface area contributed by atoms with Gasteiger partial charge in [0, 0.05) is 38.0 Å². The molecule has 1 fully saturated rings. The van der Waals surface area contributed by atoms with Gasteiger partial charge in [-0.1, -0.05) is 12.1 Å². The van der Waals surface area contributed by atoms with Gasteiger partial charge in [-0.2, -0.15) is 0 Å². The van der Waals surface area contributed by atoms with E-state index in [1.165, 1.54) is 17.0 Å². The van der Waals surface area contributed by atoms with Crippen LogP contribution in [-0.4, -0.2) is 63.6 Å². The van der Waals surface area contributed by atoms with Crippen molar-refractivity contribution in [2.24, 2.45) is 0 Å². The van der Waals surface area contributed by atoms with Crippen LogP contribution in [0.4, 0.5) is 5.69 Å². The van der Waals surface area contributed by atoms with Gasteiger partial charge in [-0.3, -0.25) is 19.7 Å². The van der Waals surface area contributed by atoms with Crippen LogP contribution in [0.5, 0.6) is 5.75 Å². The predicted molar refractivity (Wildman–Crippen MR) is 92.4 cm³/mol. The SMILES string of the molecule is O=C(C1=CCCS1)N1CCN(C(=O)c2cccc([N+](=O)[O-])c2O)CC1. The van der Waals surface area contributed by atoms with E-state index in [4.69, 9.17) is 0 Å². The van der Waals surface area contributed by atoms with Gasteiger partial charge >= 0.3 is 5.69 Å². The van der Waals surface area contributed by atoms with Gasteiger partial charge in [0.25, 0.3) is 11.8 Å². The van der Waals surface area contributed by atoms with E-state index in [-0.39, 0.29) is 11.5 Å². The van der Waals surface area contributed by atoms with Crippen molar-refractivity contribution in [3.05, 3.63) is 44.9 Å². The third-order valence-corrected chi connectivity index (χ3v) is 5.30. The Kier molecular flexibility index (Phi) is 4.93. The van der Waals surface area contributed by atoms with Gasteiger partial charge in [-0.15, -0.1) is 11.8 Å². The van der Waals surface area contributed by atoms with Crippen molar-refractivity contribution in [2.75, 3.05) is 31.9 Å². The van der Waals surface area contributed by atoms with Crippen molar-refractivity contribution >= 4 is 29.3 Å². The fourth-order valence-electron chi connectivity index (χ4n) is 2.86. The summed E-state index contributed by atoms with van der Waals surface area (Å²) in [6.07, 6.45) is 2.84. The monoisotopic (exact) mass is 363 g/mol. The molecule has 9 heteroatoms. The maximum atomic E-state index is 12.6. The van der Waals surface area contributed by atoms with Crippen molar-refractivity contribution in [1.29, 1.82) is 0 Å². The van der Waals surface area contributed by atoms with Crippen LogP contribution in [0.15, 0.2) is 29.2 Å². The molecule has 0 unspecified atom stereocenters. The molecule has 3 rings (SSSR count). The van der Waals surface area contributed by atoms with Gasteiger partial charge in [-0.05, 0) is 12.5 Å². The molecule has 0 aromatic heterocycles. The molecule has 2 heterocycles. The summed E-state index contributed by atoms with van der Waals surface area (Å²) < 4.78 is 0. The number of benzene rings is 1. The van der Waals surface area contributed by atoms with Crippen LogP contribution in [0.25, 0.3) is 0 Å². The van der Waals surface area contributed by atoms with Crippen molar-refractivity contribution in [1.82, 2.24) is 9.80 Å². The molecule has 1 N–H and O–H groups in total. The summed E-state index contributed by atoms with van der Waals surface area (Å²) in [5, 5.41) is 20.9. The number of hydrogen-bond donors (Lipinski definition) is 1. The largest absolute Gasteiger partial charge is 0.502 e. The number of rotatable bonds is 3. The number of phenols is 1. The van der Waals surface area contributed by atoms with E-state index in [1.807, 2.05) is 6.08 Å². The lowest BCUT2D eigenvalue weighted by Gasteiger charge is -2.35. The Bertz CT molecular complexity index is 756. The van der Waals surface area contributed by atoms with Gasteiger partial charge < -0.3 is 14.9 Å². The topological polar surface area (TPSA) is 104 Å². The first-order valence-electron chi connectivity index (χ1n) is 7.87. The summed E-state index contributed by atoms with van der Waals surface area (Å²) in [4.78, 5) is 39.0. The molecule has 0 atom stereocenters. The number of allylic oxidation sites excluding steroid dienone is 1. The minimum atomic E-state index is -0.726. The summed E-state index contributed by atoms with van der Waals surface area (Å²) >= 11 is 1.55. The van der Waals surface area contributed by atoms with Gasteiger partial charge in [0.2, 0.25) is 5.75 Å². The molecule has 132 valence electrons. The molecule has 0 spiro atoms. The fourth-order valence-corrected chi connectivity index (χ4v) is 3.80. The zero-order valence-corrected chi connectivity index (χ0v) is 14.2. The summed E-state index contributed by atoms with van der Waals surface area (Å²) in [7, 11) is 0. The van der Waals surface area contributed by atoms with Crippen LogP contribution in [0.3, 0.4) is 0 Å². The van der Waals surface area contributed by atoms with Crippen LogP contribution in [-0.2, 0) is 4.79 Å². The van der Waals surface area contributed by atoms with E-state index in [0.717, 1.165) is 23.1 Å². The smallest absolute Gasteiger partial charge is 0.311 e. The average molecular weight is 363 g/mol. The lowest BCUT2D eigenvalue weighted by atomic mass is 10.1. The lowest BCUT2D eigenvalue weighted by Crippen LogP contribution is -2.50. The molecular formula is C16H17N3O5S. The van der Waals surface area contributed by atoms with Crippen LogP contribution in [0.2, 0.25) is 0 Å². The summed E-state index contributed by atoms with van der Waals surface area (Å²) in [5.74, 6) is -0.176. The molecule has 1 aromatic carbocycles. The number of nitro benzene ring substituents is 1. The Balaban J connectivity index is 1.67. The van der Waals surface area contributed by atoms with Gasteiger partial charge in [-0.25, -0.2) is 0 Å². The van der Waals surface area contributed by atoms with Gasteiger partial charge in [0.05, 0.1) is 15.4 Å². The number of carbonyl (C=O) groups excluding carboxylic acids is 2. The highest BCUT2D eigenvalue weighted by Crippen LogP contribution is 2.31. The van der Waals surface area contributed by atoms with E-state index in [0.29, 0.717) is 26.2 Å². The van der Waals surface area contributed by atoms with E-state index < -0.39 is 22.3 Å². The van der Waals surface area contributed by atoms with Crippen LogP contribution in [0, 0.1) is 10.1 Å². The number of nitro groups is 1. The number of carbonyl (C=O) groups is 2. The third kappa shape index (κ3) is 3.46. The molecule has 2 aliphatic heterocycles. The van der Waals surface area contributed by atoms with Crippen molar-refractivity contribution in [3.63, 3.8) is 0 Å². The second kappa shape index (κ2) is 7.14. The number of amides is 2. The number of nitrogens with zero attached hydrogens (tertiary/aromatic N) is 3. The number of thioether (sulfide) groups is 1. The Morgan fingerprint density at radius 1 is 1.12 bits per heavy atom. The Labute approximate surface area is 148 Å². The molecule has 2 amide bonds. The standard InChI is InChI=1S/C16H17N3O5S/c20-14-11(3-1-4-12(14)19(23)24)15(21)17-6-8-18(9-7-17)16(22)13-5-2-10-25-13/h1,3-5,20H,2,6-10H2. The zero-order valence-electron chi connectivity index (χ0n) is 13.4. The van der Waals surface area contributed by atoms with Crippen molar-refractivity contribution < 1.29 is 19.6 Å². The number of para-hydroxylation sites is 1. The van der Waals surface area contributed by atoms with E-state index in [9.17, 15) is 24.8 Å². The molecule has 0 bridgehead atoms. The number of piperazine rings is 1. The average Bonchev–Trinajstić information content (AvgIpc) is 3.15. The molecule has 2 aliphatic rings. The number of aromatic hydroxyl groups is 1. The lowest BCUT2D eigenvalue weighted by molar-refractivity contribution is -0.385. The first-order valence-corrected chi connectivity index (χ1v) is 8.85. The van der Waals surface area contributed by atoms with Gasteiger partial charge in [0.15, 0.2) is 0 Å². The first kappa shape index (κ1) is 17.3. The Hall–Kier alpha value is -2.55. The molecular weight excluding hydrogens is 346 g/mol. The van der Waals surface area contributed by atoms with Crippen LogP contribution < -0.4 is 0 Å². The zero-order chi connectivity index (χ0) is 18.0. The molecule has 0 aliphatic carbocycles. The molecule has 8 nitrogen and oxygen atoms in total. The summed E-state index contributed by atoms with van der Waals surface area (Å²) in [5.41, 5.74) is -0.590. The maximum Gasteiger partial charge on any atom is 0.311 e. The van der Waals surface area contributed by atoms with Crippen LogP contribution in [0.1, 0.15) is 16.8 Å². The third-order valence-electron chi connectivity index (χ3n) is 4.21. The fraction of sp³-hybridized carbons (Fsp3) is 0.375. The molecule has 1 aromatic rings. The highest BCUT2D eigenvalue weighted by atomic mass is 32.2. The molecule has 0 saturated carbocycles. The highest BCUT2D eigenvalue weighted by Gasteiger charge is 2.30. The van der Waals surface area contributed by atoms with Crippen molar-refractivity contribution in [3.8, 4) is 5.75 Å². The van der Waals surface area contributed by atoms with Gasteiger partial charge in [0.1, 0.15) is 0 Å². The Morgan fingerprint density at radius 2 is 1.76 bits per heavy atom. The minimum absolute atomic E-state index is 0.00667. The normalized spacial score (nSPS) is 17.4. The second-order valence-electron chi connectivity index (χ2n) is 5.72. The Morgan fingerprint density at radius 3 is 2.32 bits per heavy atom. The summed E-state index contributed by atoms with van der Waals surface area (Å²) in [6.45, 7) is 1.45. The number of phenolic OH excluding ortho intramolecular Hbond substituents is 1. The quantitative estimate of drug-likeness (QED) is 0.646. The first-order chi connectivity index (χ1) is 12.0. The molecule has 25 heavy (non-hydrogen) atoms. The van der Waals surface area contributed by atoms with E-state index in [1.54, 1.807) is 16.7 Å². The van der Waals surface area contributed by atoms with E-state index >= 15 is 0 Å². The molecule has 1 saturated heterocycles. The number of hydrogen-bond acceptors (Lipinski definition) is 6. The van der Waals surface area contributed by atoms with Crippen molar-refractivity contribution in [2.45, 2.75) is 6.42 Å². The molecule has 0 radical (unpaired) electrons. The second-order valence-corrected chi connectivity index (χ2v) is 6.86.